The molecule has 1 aromatic heterocycles. The Morgan fingerprint density at radius 1 is 1.11 bits per heavy atom. The van der Waals surface area contributed by atoms with Crippen LogP contribution in [0.4, 0.5) is 0 Å². The van der Waals surface area contributed by atoms with E-state index in [1.165, 1.54) is 27.7 Å². The minimum absolute atomic E-state index is 0.0170. The second-order valence-corrected chi connectivity index (χ2v) is 6.84. The minimum Gasteiger partial charge on any atom is -0.358 e. The van der Waals surface area contributed by atoms with E-state index in [-0.39, 0.29) is 11.1 Å². The molecule has 0 saturated carbocycles. The van der Waals surface area contributed by atoms with Crippen molar-refractivity contribution in [3.8, 4) is 0 Å². The van der Waals surface area contributed by atoms with E-state index in [9.17, 15) is 0 Å². The maximum absolute atomic E-state index is 3.77. The van der Waals surface area contributed by atoms with Crippen LogP contribution in [0.1, 0.15) is 44.5 Å². The molecular formula is C16H22N2. The summed E-state index contributed by atoms with van der Waals surface area (Å²) in [5.41, 5.74) is 5.59. The first-order valence-electron chi connectivity index (χ1n) is 6.70. The Morgan fingerprint density at radius 2 is 1.83 bits per heavy atom. The first kappa shape index (κ1) is 11.8. The Labute approximate surface area is 109 Å². The summed E-state index contributed by atoms with van der Waals surface area (Å²) < 4.78 is 0. The van der Waals surface area contributed by atoms with Crippen LogP contribution < -0.4 is 5.32 Å². The summed E-state index contributed by atoms with van der Waals surface area (Å²) in [5, 5.41) is 5.14. The van der Waals surface area contributed by atoms with E-state index >= 15 is 0 Å². The van der Waals surface area contributed by atoms with Gasteiger partial charge in [0, 0.05) is 39.7 Å². The molecule has 18 heavy (non-hydrogen) atoms. The standard InChI is InChI=1S/C16H22N2/c1-10-6-7-12-11(8-10)14-13(17-12)9-15(2,3)18-16(14,4)5/h6-8,17-18H,9H2,1-5H3. The molecule has 0 saturated heterocycles. The van der Waals surface area contributed by atoms with E-state index in [0.717, 1.165) is 6.42 Å². The second-order valence-electron chi connectivity index (χ2n) is 6.84. The lowest BCUT2D eigenvalue weighted by Gasteiger charge is -2.42. The fourth-order valence-corrected chi connectivity index (χ4v) is 3.60. The summed E-state index contributed by atoms with van der Waals surface area (Å²) in [6, 6.07) is 6.67. The largest absolute Gasteiger partial charge is 0.358 e. The Kier molecular flexibility index (Phi) is 2.22. The van der Waals surface area contributed by atoms with E-state index in [2.05, 4.69) is 63.1 Å². The summed E-state index contributed by atoms with van der Waals surface area (Å²) in [6.07, 6.45) is 1.06. The molecule has 0 fully saturated rings. The number of nitrogens with one attached hydrogen (secondary N) is 2. The number of aryl methyl sites for hydroxylation is 1. The van der Waals surface area contributed by atoms with Crippen molar-refractivity contribution in [3.63, 3.8) is 0 Å². The molecule has 2 heterocycles. The monoisotopic (exact) mass is 242 g/mol. The molecule has 2 aromatic rings. The summed E-state index contributed by atoms with van der Waals surface area (Å²) in [5.74, 6) is 0. The Morgan fingerprint density at radius 3 is 2.56 bits per heavy atom. The SMILES string of the molecule is Cc1ccc2[nH]c3c(c2c1)C(C)(C)NC(C)(C)C3. The molecule has 0 radical (unpaired) electrons. The van der Waals surface area contributed by atoms with Crippen molar-refractivity contribution >= 4 is 10.9 Å². The highest BCUT2D eigenvalue weighted by atomic mass is 15.1. The van der Waals surface area contributed by atoms with E-state index in [1.807, 2.05) is 0 Å². The predicted molar refractivity (Wildman–Crippen MR) is 77.0 cm³/mol. The predicted octanol–water partition coefficient (Wildman–Crippen LogP) is 3.64. The van der Waals surface area contributed by atoms with Gasteiger partial charge in [-0.2, -0.15) is 0 Å². The molecule has 0 atom stereocenters. The Balaban J connectivity index is 2.32. The first-order valence-corrected chi connectivity index (χ1v) is 6.70. The fraction of sp³-hybridized carbons (Fsp3) is 0.500. The van der Waals surface area contributed by atoms with Gasteiger partial charge in [-0.15, -0.1) is 0 Å². The first-order chi connectivity index (χ1) is 8.28. The van der Waals surface area contributed by atoms with Gasteiger partial charge < -0.3 is 10.3 Å². The Hall–Kier alpha value is -1.28. The number of fused-ring (bicyclic) bond motifs is 3. The smallest absolute Gasteiger partial charge is 0.0459 e. The van der Waals surface area contributed by atoms with Gasteiger partial charge in [0.05, 0.1) is 0 Å². The lowest BCUT2D eigenvalue weighted by atomic mass is 9.80. The van der Waals surface area contributed by atoms with Crippen LogP contribution in [0.5, 0.6) is 0 Å². The van der Waals surface area contributed by atoms with Gasteiger partial charge in [-0.1, -0.05) is 11.6 Å². The van der Waals surface area contributed by atoms with Gasteiger partial charge in [-0.25, -0.2) is 0 Å². The van der Waals surface area contributed by atoms with Crippen LogP contribution in [-0.4, -0.2) is 10.5 Å². The molecule has 96 valence electrons. The molecule has 3 rings (SSSR count). The lowest BCUT2D eigenvalue weighted by Crippen LogP contribution is -2.55. The van der Waals surface area contributed by atoms with Crippen molar-refractivity contribution in [2.24, 2.45) is 0 Å². The van der Waals surface area contributed by atoms with Crippen molar-refractivity contribution in [3.05, 3.63) is 35.0 Å². The zero-order chi connectivity index (χ0) is 13.1. The second kappa shape index (κ2) is 3.39. The quantitative estimate of drug-likeness (QED) is 0.725. The number of hydrogen-bond acceptors (Lipinski definition) is 1. The summed E-state index contributed by atoms with van der Waals surface area (Å²) in [7, 11) is 0. The minimum atomic E-state index is 0.0170. The van der Waals surface area contributed by atoms with E-state index < -0.39 is 0 Å². The molecule has 1 aliphatic rings. The van der Waals surface area contributed by atoms with Gasteiger partial charge in [0.1, 0.15) is 0 Å². The summed E-state index contributed by atoms with van der Waals surface area (Å²) in [6.45, 7) is 11.3. The zero-order valence-electron chi connectivity index (χ0n) is 11.9. The van der Waals surface area contributed by atoms with Crippen LogP contribution >= 0.6 is 0 Å². The van der Waals surface area contributed by atoms with Gasteiger partial charge >= 0.3 is 0 Å². The van der Waals surface area contributed by atoms with E-state index in [1.54, 1.807) is 0 Å². The molecule has 1 aromatic carbocycles. The highest BCUT2D eigenvalue weighted by molar-refractivity contribution is 5.86. The molecule has 2 nitrogen and oxygen atoms in total. The third kappa shape index (κ3) is 1.67. The highest BCUT2D eigenvalue weighted by Gasteiger charge is 2.38. The number of aromatic amines is 1. The van der Waals surface area contributed by atoms with E-state index in [0.29, 0.717) is 0 Å². The average molecular weight is 242 g/mol. The maximum atomic E-state index is 3.77. The number of hydrogen-bond donors (Lipinski definition) is 2. The Bertz CT molecular complexity index is 617. The molecule has 2 heteroatoms. The van der Waals surface area contributed by atoms with Crippen molar-refractivity contribution in [1.29, 1.82) is 0 Å². The number of benzene rings is 1. The third-order valence-corrected chi connectivity index (χ3v) is 3.93. The molecule has 0 amide bonds. The van der Waals surface area contributed by atoms with Crippen LogP contribution in [0, 0.1) is 6.92 Å². The van der Waals surface area contributed by atoms with Crippen LogP contribution in [0.2, 0.25) is 0 Å². The van der Waals surface area contributed by atoms with E-state index in [4.69, 9.17) is 0 Å². The molecule has 0 bridgehead atoms. The van der Waals surface area contributed by atoms with Gasteiger partial charge in [0.25, 0.3) is 0 Å². The van der Waals surface area contributed by atoms with Crippen LogP contribution in [-0.2, 0) is 12.0 Å². The number of rotatable bonds is 0. The zero-order valence-corrected chi connectivity index (χ0v) is 11.9. The van der Waals surface area contributed by atoms with Gasteiger partial charge in [0.2, 0.25) is 0 Å². The molecule has 0 spiro atoms. The highest BCUT2D eigenvalue weighted by Crippen LogP contribution is 2.39. The van der Waals surface area contributed by atoms with Crippen LogP contribution in [0.3, 0.4) is 0 Å². The molecule has 0 unspecified atom stereocenters. The molecule has 1 aliphatic heterocycles. The third-order valence-electron chi connectivity index (χ3n) is 3.93. The molecule has 0 aliphatic carbocycles. The van der Waals surface area contributed by atoms with Crippen LogP contribution in [0.15, 0.2) is 18.2 Å². The fourth-order valence-electron chi connectivity index (χ4n) is 3.60. The van der Waals surface area contributed by atoms with Crippen LogP contribution in [0.25, 0.3) is 10.9 Å². The van der Waals surface area contributed by atoms with Crippen molar-refractivity contribution in [2.75, 3.05) is 0 Å². The lowest BCUT2D eigenvalue weighted by molar-refractivity contribution is 0.242. The van der Waals surface area contributed by atoms with Crippen molar-refractivity contribution < 1.29 is 0 Å². The summed E-state index contributed by atoms with van der Waals surface area (Å²) in [4.78, 5) is 3.61. The maximum Gasteiger partial charge on any atom is 0.0459 e. The number of H-pyrrole nitrogens is 1. The van der Waals surface area contributed by atoms with Crippen molar-refractivity contribution in [2.45, 2.75) is 52.1 Å². The topological polar surface area (TPSA) is 27.8 Å². The van der Waals surface area contributed by atoms with Gasteiger partial charge in [-0.05, 0) is 46.8 Å². The van der Waals surface area contributed by atoms with Gasteiger partial charge in [0.15, 0.2) is 0 Å². The molecule has 2 N–H and O–H groups in total. The van der Waals surface area contributed by atoms with Crippen molar-refractivity contribution in [1.82, 2.24) is 10.3 Å². The average Bonchev–Trinajstić information content (AvgIpc) is 2.51. The number of aromatic nitrogens is 1. The summed E-state index contributed by atoms with van der Waals surface area (Å²) >= 11 is 0. The van der Waals surface area contributed by atoms with Gasteiger partial charge in [-0.3, -0.25) is 0 Å². The normalized spacial score (nSPS) is 20.9. The molecular weight excluding hydrogens is 220 g/mol.